The molecule has 0 aliphatic heterocycles. The molecule has 0 atom stereocenters. The van der Waals surface area contributed by atoms with Crippen molar-refractivity contribution in [3.8, 4) is 11.3 Å². The van der Waals surface area contributed by atoms with Gasteiger partial charge >= 0.3 is 0 Å². The lowest BCUT2D eigenvalue weighted by molar-refractivity contribution is 0.112. The van der Waals surface area contributed by atoms with Crippen LogP contribution in [-0.4, -0.2) is 20.8 Å². The molecule has 0 N–H and O–H groups in total. The van der Waals surface area contributed by atoms with E-state index in [0.717, 1.165) is 17.5 Å². The highest BCUT2D eigenvalue weighted by Crippen LogP contribution is 2.30. The first-order valence-electron chi connectivity index (χ1n) is 5.74. The molecule has 5 heteroatoms. The fourth-order valence-corrected chi connectivity index (χ4v) is 2.38. The third-order valence-corrected chi connectivity index (χ3v) is 3.23. The van der Waals surface area contributed by atoms with Crippen LogP contribution in [0.1, 0.15) is 10.4 Å². The monoisotopic (exact) mass is 271 g/mol. The highest BCUT2D eigenvalue weighted by molar-refractivity contribution is 6.29. The van der Waals surface area contributed by atoms with Crippen molar-refractivity contribution in [2.75, 3.05) is 0 Å². The summed E-state index contributed by atoms with van der Waals surface area (Å²) >= 11 is 5.86. The van der Waals surface area contributed by atoms with Crippen LogP contribution < -0.4 is 0 Å². The number of hydrogen-bond acceptors (Lipinski definition) is 3. The summed E-state index contributed by atoms with van der Waals surface area (Å²) in [6, 6.07) is 9.68. The first kappa shape index (κ1) is 11.9. The number of rotatable bonds is 2. The standard InChI is InChI=1S/C14H10ClN3O/c1-18-13(9-5-3-2-4-6-9)10(8-19)12-14(18)16-7-11(15)17-12/h2-8H,1H3. The molecule has 0 spiro atoms. The van der Waals surface area contributed by atoms with Crippen LogP contribution in [0.2, 0.25) is 5.15 Å². The summed E-state index contributed by atoms with van der Waals surface area (Å²) in [5, 5.41) is 0.279. The number of aryl methyl sites for hydroxylation is 1. The Hall–Kier alpha value is -2.20. The maximum absolute atomic E-state index is 11.4. The summed E-state index contributed by atoms with van der Waals surface area (Å²) in [6.07, 6.45) is 2.28. The van der Waals surface area contributed by atoms with E-state index >= 15 is 0 Å². The summed E-state index contributed by atoms with van der Waals surface area (Å²) in [6.45, 7) is 0. The van der Waals surface area contributed by atoms with Crippen LogP contribution >= 0.6 is 11.6 Å². The Balaban J connectivity index is 2.42. The number of aromatic nitrogens is 3. The number of aldehydes is 1. The number of carbonyl (C=O) groups is 1. The molecule has 3 aromatic rings. The number of nitrogens with zero attached hydrogens (tertiary/aromatic N) is 3. The lowest BCUT2D eigenvalue weighted by atomic mass is 10.1. The van der Waals surface area contributed by atoms with Gasteiger partial charge in [-0.15, -0.1) is 0 Å². The van der Waals surface area contributed by atoms with Gasteiger partial charge in [0.1, 0.15) is 10.7 Å². The van der Waals surface area contributed by atoms with Gasteiger partial charge in [-0.2, -0.15) is 0 Å². The summed E-state index contributed by atoms with van der Waals surface area (Å²) in [5.74, 6) is 0. The normalized spacial score (nSPS) is 10.8. The molecule has 94 valence electrons. The Labute approximate surface area is 114 Å². The smallest absolute Gasteiger partial charge is 0.159 e. The predicted octanol–water partition coefficient (Wildman–Crippen LogP) is 3.10. The van der Waals surface area contributed by atoms with Gasteiger partial charge in [0.25, 0.3) is 0 Å². The largest absolute Gasteiger partial charge is 0.326 e. The lowest BCUT2D eigenvalue weighted by Gasteiger charge is -2.04. The molecule has 0 saturated heterocycles. The fourth-order valence-electron chi connectivity index (χ4n) is 2.24. The van der Waals surface area contributed by atoms with E-state index in [4.69, 9.17) is 11.6 Å². The SMILES string of the molecule is Cn1c(-c2ccccc2)c(C=O)c2nc(Cl)cnc21. The van der Waals surface area contributed by atoms with E-state index in [0.29, 0.717) is 16.7 Å². The lowest BCUT2D eigenvalue weighted by Crippen LogP contribution is -1.94. The third kappa shape index (κ3) is 1.81. The molecule has 2 aromatic heterocycles. The molecule has 2 heterocycles. The third-order valence-electron chi connectivity index (χ3n) is 3.05. The van der Waals surface area contributed by atoms with Gasteiger partial charge in [-0.05, 0) is 5.56 Å². The average molecular weight is 272 g/mol. The van der Waals surface area contributed by atoms with Crippen molar-refractivity contribution in [2.24, 2.45) is 7.05 Å². The van der Waals surface area contributed by atoms with Gasteiger partial charge in [0, 0.05) is 7.05 Å². The van der Waals surface area contributed by atoms with Gasteiger partial charge in [0.05, 0.1) is 17.5 Å². The predicted molar refractivity (Wildman–Crippen MR) is 74.3 cm³/mol. The number of benzene rings is 1. The minimum absolute atomic E-state index is 0.279. The minimum Gasteiger partial charge on any atom is -0.326 e. The van der Waals surface area contributed by atoms with Gasteiger partial charge in [0.15, 0.2) is 11.9 Å². The molecule has 1 aromatic carbocycles. The Morgan fingerprint density at radius 1 is 1.26 bits per heavy atom. The molecule has 0 unspecified atom stereocenters. The molecule has 0 bridgehead atoms. The summed E-state index contributed by atoms with van der Waals surface area (Å²) in [4.78, 5) is 19.9. The van der Waals surface area contributed by atoms with Crippen LogP contribution in [0.4, 0.5) is 0 Å². The molecule has 4 nitrogen and oxygen atoms in total. The van der Waals surface area contributed by atoms with E-state index in [-0.39, 0.29) is 5.15 Å². The van der Waals surface area contributed by atoms with Gasteiger partial charge in [-0.3, -0.25) is 4.79 Å². The van der Waals surface area contributed by atoms with Crippen LogP contribution in [0.15, 0.2) is 36.5 Å². The van der Waals surface area contributed by atoms with Crippen molar-refractivity contribution in [3.05, 3.63) is 47.2 Å². The zero-order valence-corrected chi connectivity index (χ0v) is 10.9. The maximum Gasteiger partial charge on any atom is 0.159 e. The molecule has 0 fully saturated rings. The van der Waals surface area contributed by atoms with E-state index in [9.17, 15) is 4.79 Å². The first-order chi connectivity index (χ1) is 9.22. The molecule has 19 heavy (non-hydrogen) atoms. The van der Waals surface area contributed by atoms with Gasteiger partial charge in [-0.1, -0.05) is 41.9 Å². The number of carbonyl (C=O) groups excluding carboxylic acids is 1. The topological polar surface area (TPSA) is 47.8 Å². The molecule has 0 amide bonds. The molecule has 0 aliphatic carbocycles. The minimum atomic E-state index is 0.279. The van der Waals surface area contributed by atoms with E-state index in [1.54, 1.807) is 0 Å². The molecule has 3 rings (SSSR count). The van der Waals surface area contributed by atoms with E-state index < -0.39 is 0 Å². The highest BCUT2D eigenvalue weighted by Gasteiger charge is 2.18. The van der Waals surface area contributed by atoms with E-state index in [2.05, 4.69) is 9.97 Å². The molecule has 0 saturated carbocycles. The zero-order valence-electron chi connectivity index (χ0n) is 10.2. The van der Waals surface area contributed by atoms with Gasteiger partial charge < -0.3 is 4.57 Å². The number of hydrogen-bond donors (Lipinski definition) is 0. The van der Waals surface area contributed by atoms with E-state index in [1.807, 2.05) is 41.9 Å². The van der Waals surface area contributed by atoms with Crippen LogP contribution in [0, 0.1) is 0 Å². The van der Waals surface area contributed by atoms with Crippen molar-refractivity contribution in [1.82, 2.24) is 14.5 Å². The maximum atomic E-state index is 11.4. The zero-order chi connectivity index (χ0) is 13.4. The second kappa shape index (κ2) is 4.48. The Morgan fingerprint density at radius 3 is 2.68 bits per heavy atom. The number of fused-ring (bicyclic) bond motifs is 1. The summed E-state index contributed by atoms with van der Waals surface area (Å²) in [7, 11) is 1.86. The Kier molecular flexibility index (Phi) is 2.80. The van der Waals surface area contributed by atoms with E-state index in [1.165, 1.54) is 6.20 Å². The van der Waals surface area contributed by atoms with Crippen LogP contribution in [0.3, 0.4) is 0 Å². The average Bonchev–Trinajstić information content (AvgIpc) is 2.71. The molecular weight excluding hydrogens is 262 g/mol. The second-order valence-corrected chi connectivity index (χ2v) is 4.56. The molecular formula is C14H10ClN3O. The van der Waals surface area contributed by atoms with Crippen molar-refractivity contribution in [3.63, 3.8) is 0 Å². The number of halogens is 1. The van der Waals surface area contributed by atoms with Gasteiger partial charge in [-0.25, -0.2) is 9.97 Å². The Bertz CT molecular complexity index is 765. The highest BCUT2D eigenvalue weighted by atomic mass is 35.5. The molecule has 0 radical (unpaired) electrons. The summed E-state index contributed by atoms with van der Waals surface area (Å²) in [5.41, 5.74) is 3.43. The van der Waals surface area contributed by atoms with Crippen LogP contribution in [0.5, 0.6) is 0 Å². The van der Waals surface area contributed by atoms with Crippen molar-refractivity contribution >= 4 is 29.1 Å². The van der Waals surface area contributed by atoms with Crippen molar-refractivity contribution < 1.29 is 4.79 Å². The summed E-state index contributed by atoms with van der Waals surface area (Å²) < 4.78 is 1.86. The van der Waals surface area contributed by atoms with Crippen LogP contribution in [0.25, 0.3) is 22.4 Å². The van der Waals surface area contributed by atoms with Gasteiger partial charge in [0.2, 0.25) is 0 Å². The van der Waals surface area contributed by atoms with Crippen molar-refractivity contribution in [2.45, 2.75) is 0 Å². The van der Waals surface area contributed by atoms with Crippen molar-refractivity contribution in [1.29, 1.82) is 0 Å². The second-order valence-electron chi connectivity index (χ2n) is 4.17. The first-order valence-corrected chi connectivity index (χ1v) is 6.11. The fraction of sp³-hybridized carbons (Fsp3) is 0.0714. The van der Waals surface area contributed by atoms with Crippen LogP contribution in [-0.2, 0) is 7.05 Å². The quantitative estimate of drug-likeness (QED) is 0.673. The molecule has 0 aliphatic rings. The Morgan fingerprint density at radius 2 is 2.00 bits per heavy atom.